The summed E-state index contributed by atoms with van der Waals surface area (Å²) in [5.74, 6) is -2.86. The zero-order valence-electron chi connectivity index (χ0n) is 19.9. The van der Waals surface area contributed by atoms with Crippen LogP contribution in [0.25, 0.3) is 0 Å². The Morgan fingerprint density at radius 2 is 1.76 bits per heavy atom. The molecule has 192 valence electrons. The summed E-state index contributed by atoms with van der Waals surface area (Å²) in [6.45, 7) is 1.69. The van der Waals surface area contributed by atoms with Crippen molar-refractivity contribution in [1.82, 2.24) is 4.57 Å². The van der Waals surface area contributed by atoms with Crippen LogP contribution < -0.4 is 15.1 Å². The number of imide groups is 1. The van der Waals surface area contributed by atoms with E-state index >= 15 is 0 Å². The van der Waals surface area contributed by atoms with Crippen LogP contribution >= 0.6 is 23.1 Å². The molecule has 2 aromatic carbocycles. The third kappa shape index (κ3) is 4.07. The molecule has 8 nitrogen and oxygen atoms in total. The molecular formula is C27H20FN3O5S2. The summed E-state index contributed by atoms with van der Waals surface area (Å²) in [7, 11) is 0. The van der Waals surface area contributed by atoms with Gasteiger partial charge in [-0.2, -0.15) is 0 Å². The first-order valence-electron chi connectivity index (χ1n) is 11.8. The van der Waals surface area contributed by atoms with Gasteiger partial charge in [0.15, 0.2) is 0 Å². The number of aromatic nitrogens is 1. The van der Waals surface area contributed by atoms with Crippen LogP contribution in [0.2, 0.25) is 0 Å². The number of halogens is 1. The fraction of sp³-hybridized carbons (Fsp3) is 0.185. The van der Waals surface area contributed by atoms with E-state index in [-0.39, 0.29) is 17.1 Å². The molecule has 3 amide bonds. The molecule has 3 atom stereocenters. The Hall–Kier alpha value is -3.96. The number of anilines is 2. The lowest BCUT2D eigenvalue weighted by Gasteiger charge is -2.29. The van der Waals surface area contributed by atoms with Crippen LogP contribution in [0, 0.1) is 18.7 Å². The van der Waals surface area contributed by atoms with Gasteiger partial charge in [-0.05, 0) is 55.5 Å². The predicted molar refractivity (Wildman–Crippen MR) is 141 cm³/mol. The van der Waals surface area contributed by atoms with E-state index in [1.165, 1.54) is 35.1 Å². The highest BCUT2D eigenvalue weighted by atomic mass is 32.2. The number of benzene rings is 2. The van der Waals surface area contributed by atoms with Gasteiger partial charge in [0.2, 0.25) is 17.7 Å². The summed E-state index contributed by atoms with van der Waals surface area (Å²) in [6.07, 6.45) is 1.47. The highest BCUT2D eigenvalue weighted by Gasteiger charge is 2.57. The average Bonchev–Trinajstić information content (AvgIpc) is 3.59. The molecule has 11 heteroatoms. The maximum absolute atomic E-state index is 13.7. The number of hydrogen-bond acceptors (Lipinski definition) is 7. The van der Waals surface area contributed by atoms with Crippen LogP contribution in [0.5, 0.6) is 0 Å². The van der Waals surface area contributed by atoms with Gasteiger partial charge in [-0.25, -0.2) is 9.29 Å². The quantitative estimate of drug-likeness (QED) is 0.371. The molecule has 0 radical (unpaired) electrons. The lowest BCUT2D eigenvalue weighted by Crippen LogP contribution is -2.32. The number of nitrogens with one attached hydrogen (secondary N) is 1. The van der Waals surface area contributed by atoms with Crippen LogP contribution in [-0.4, -0.2) is 27.5 Å². The number of carbonyl (C=O) groups excluding carboxylic acids is 3. The normalized spacial score (nSPS) is 20.4. The van der Waals surface area contributed by atoms with Crippen molar-refractivity contribution in [1.29, 1.82) is 0 Å². The molecule has 6 rings (SSSR count). The number of nitrogens with zero attached hydrogens (tertiary/aromatic N) is 2. The van der Waals surface area contributed by atoms with Gasteiger partial charge in [0.1, 0.15) is 23.4 Å². The average molecular weight is 550 g/mol. The fourth-order valence-electron chi connectivity index (χ4n) is 4.86. The van der Waals surface area contributed by atoms with E-state index in [9.17, 15) is 23.6 Å². The third-order valence-electron chi connectivity index (χ3n) is 6.62. The molecule has 1 fully saturated rings. The second kappa shape index (κ2) is 9.41. The maximum atomic E-state index is 13.7. The SMILES string of the molecule is Cc1ccc(NC(=O)Cn2c3c(sc2=O)[C@H](c2ccco2)C2C(=O)N(c4ccc(F)cc4)C(=O)C2S3)cc1. The Balaban J connectivity index is 1.38. The number of thiazole rings is 1. The van der Waals surface area contributed by atoms with Crippen molar-refractivity contribution in [3.63, 3.8) is 0 Å². The smallest absolute Gasteiger partial charge is 0.308 e. The molecule has 2 aromatic heterocycles. The van der Waals surface area contributed by atoms with Gasteiger partial charge in [-0.3, -0.25) is 23.7 Å². The van der Waals surface area contributed by atoms with Crippen molar-refractivity contribution in [2.45, 2.75) is 29.7 Å². The molecule has 2 unspecified atom stereocenters. The van der Waals surface area contributed by atoms with Crippen molar-refractivity contribution in [3.05, 3.63) is 98.6 Å². The molecule has 4 heterocycles. The first-order chi connectivity index (χ1) is 18.3. The topological polar surface area (TPSA) is 102 Å². The van der Waals surface area contributed by atoms with Gasteiger partial charge in [0.25, 0.3) is 0 Å². The number of carbonyl (C=O) groups is 3. The number of aryl methyl sites for hydroxylation is 1. The number of furan rings is 1. The van der Waals surface area contributed by atoms with Crippen LogP contribution in [0.15, 0.2) is 81.2 Å². The molecule has 1 saturated heterocycles. The number of hydrogen-bond donors (Lipinski definition) is 1. The zero-order valence-corrected chi connectivity index (χ0v) is 21.6. The van der Waals surface area contributed by atoms with Gasteiger partial charge in [-0.1, -0.05) is 40.8 Å². The summed E-state index contributed by atoms with van der Waals surface area (Å²) >= 11 is 2.04. The predicted octanol–water partition coefficient (Wildman–Crippen LogP) is 4.38. The first-order valence-corrected chi connectivity index (χ1v) is 13.4. The van der Waals surface area contributed by atoms with Gasteiger partial charge < -0.3 is 9.73 Å². The standard InChI is InChI=1S/C27H20FN3O5S2/c1-14-4-8-16(9-5-14)29-19(32)13-30-26-23(38-27(30)35)20(18-3-2-12-36-18)21-22(37-26)25(34)31(24(21)33)17-10-6-15(28)7-11-17/h2-12,20-22H,13H2,1H3,(H,29,32)/t20-,21?,22?/m1/s1. The minimum Gasteiger partial charge on any atom is -0.469 e. The highest BCUT2D eigenvalue weighted by Crippen LogP contribution is 2.53. The van der Waals surface area contributed by atoms with E-state index in [0.29, 0.717) is 21.4 Å². The van der Waals surface area contributed by atoms with Crippen LogP contribution in [0.4, 0.5) is 15.8 Å². The monoisotopic (exact) mass is 549 g/mol. The minimum absolute atomic E-state index is 0.252. The van der Waals surface area contributed by atoms with Gasteiger partial charge in [-0.15, -0.1) is 0 Å². The summed E-state index contributed by atoms with van der Waals surface area (Å²) < 4.78 is 20.5. The zero-order chi connectivity index (χ0) is 26.6. The number of amides is 3. The molecule has 2 aliphatic heterocycles. The molecule has 0 bridgehead atoms. The second-order valence-corrected chi connectivity index (χ2v) is 11.2. The second-order valence-electron chi connectivity index (χ2n) is 9.08. The van der Waals surface area contributed by atoms with Crippen LogP contribution in [0.1, 0.15) is 22.1 Å². The van der Waals surface area contributed by atoms with Gasteiger partial charge in [0.05, 0.1) is 33.7 Å². The Morgan fingerprint density at radius 1 is 1.03 bits per heavy atom. The van der Waals surface area contributed by atoms with Crippen molar-refractivity contribution < 1.29 is 23.2 Å². The fourth-order valence-corrected chi connectivity index (χ4v) is 7.61. The molecule has 0 aliphatic carbocycles. The lowest BCUT2D eigenvalue weighted by atomic mass is 9.87. The summed E-state index contributed by atoms with van der Waals surface area (Å²) in [5, 5.41) is 2.40. The van der Waals surface area contributed by atoms with Crippen molar-refractivity contribution in [2.75, 3.05) is 10.2 Å². The number of thioether (sulfide) groups is 1. The summed E-state index contributed by atoms with van der Waals surface area (Å²) in [5.41, 5.74) is 1.92. The van der Waals surface area contributed by atoms with Gasteiger partial charge in [0, 0.05) is 5.69 Å². The Labute approximate surface area is 224 Å². The largest absolute Gasteiger partial charge is 0.469 e. The molecular weight excluding hydrogens is 529 g/mol. The van der Waals surface area contributed by atoms with Crippen LogP contribution in [-0.2, 0) is 20.9 Å². The minimum atomic E-state index is -0.851. The Kier molecular flexibility index (Phi) is 6.04. The number of rotatable bonds is 5. The van der Waals surface area contributed by atoms with Crippen molar-refractivity contribution in [2.24, 2.45) is 5.92 Å². The highest BCUT2D eigenvalue weighted by molar-refractivity contribution is 8.00. The summed E-state index contributed by atoms with van der Waals surface area (Å²) in [4.78, 5) is 54.5. The first kappa shape index (κ1) is 24.4. The number of fused-ring (bicyclic) bond motifs is 2. The van der Waals surface area contributed by atoms with Crippen molar-refractivity contribution in [3.8, 4) is 0 Å². The molecule has 2 aliphatic rings. The van der Waals surface area contributed by atoms with Gasteiger partial charge >= 0.3 is 4.87 Å². The lowest BCUT2D eigenvalue weighted by molar-refractivity contribution is -0.122. The molecule has 0 saturated carbocycles. The van der Waals surface area contributed by atoms with E-state index in [4.69, 9.17) is 4.42 Å². The molecule has 4 aromatic rings. The van der Waals surface area contributed by atoms with E-state index in [0.717, 1.165) is 33.6 Å². The van der Waals surface area contributed by atoms with E-state index in [1.54, 1.807) is 24.3 Å². The Morgan fingerprint density at radius 3 is 2.45 bits per heavy atom. The van der Waals surface area contributed by atoms with Crippen LogP contribution in [0.3, 0.4) is 0 Å². The van der Waals surface area contributed by atoms with E-state index in [1.807, 2.05) is 19.1 Å². The molecule has 1 N–H and O–H groups in total. The third-order valence-corrected chi connectivity index (χ3v) is 9.22. The molecule has 0 spiro atoms. The molecule has 38 heavy (non-hydrogen) atoms. The maximum Gasteiger partial charge on any atom is 0.308 e. The van der Waals surface area contributed by atoms with E-state index < -0.39 is 40.6 Å². The summed E-state index contributed by atoms with van der Waals surface area (Å²) in [6, 6.07) is 15.8. The van der Waals surface area contributed by atoms with Crippen molar-refractivity contribution >= 4 is 52.2 Å². The Bertz CT molecular complexity index is 1610. The van der Waals surface area contributed by atoms with E-state index in [2.05, 4.69) is 5.32 Å².